The molecule has 130 valence electrons. The third kappa shape index (κ3) is 4.69. The van der Waals surface area contributed by atoms with Crippen LogP contribution in [0.3, 0.4) is 0 Å². The first-order valence-electron chi connectivity index (χ1n) is 7.66. The molecule has 24 heavy (non-hydrogen) atoms. The van der Waals surface area contributed by atoms with Crippen molar-refractivity contribution in [2.45, 2.75) is 19.4 Å². The summed E-state index contributed by atoms with van der Waals surface area (Å²) in [6, 6.07) is 4.62. The SMILES string of the molecule is COC(=O)C[C@@H]1C(=O)NCC[NH+]1CC(=O)Nc1cc(Cl)ccc1C. The molecule has 1 heterocycles. The number of methoxy groups -OCH3 is 1. The molecule has 0 saturated carbocycles. The van der Waals surface area contributed by atoms with Crippen LogP contribution in [-0.2, 0) is 19.1 Å². The third-order valence-electron chi connectivity index (χ3n) is 4.01. The number of carbonyl (C=O) groups excluding carboxylic acids is 3. The van der Waals surface area contributed by atoms with Gasteiger partial charge in [-0.1, -0.05) is 17.7 Å². The van der Waals surface area contributed by atoms with Gasteiger partial charge in [0, 0.05) is 10.7 Å². The number of quaternary nitrogens is 1. The number of piperazine rings is 1. The number of rotatable bonds is 5. The molecule has 1 aromatic rings. The highest BCUT2D eigenvalue weighted by Crippen LogP contribution is 2.19. The van der Waals surface area contributed by atoms with E-state index in [1.807, 2.05) is 13.0 Å². The van der Waals surface area contributed by atoms with Crippen molar-refractivity contribution in [3.63, 3.8) is 0 Å². The summed E-state index contributed by atoms with van der Waals surface area (Å²) in [5, 5.41) is 6.05. The van der Waals surface area contributed by atoms with Crippen molar-refractivity contribution in [3.8, 4) is 0 Å². The second kappa shape index (κ2) is 8.12. The fraction of sp³-hybridized carbons (Fsp3) is 0.438. The fourth-order valence-corrected chi connectivity index (χ4v) is 2.83. The van der Waals surface area contributed by atoms with Gasteiger partial charge in [0.05, 0.1) is 20.2 Å². The summed E-state index contributed by atoms with van der Waals surface area (Å²) in [5.74, 6) is -0.950. The van der Waals surface area contributed by atoms with E-state index < -0.39 is 12.0 Å². The van der Waals surface area contributed by atoms with Gasteiger partial charge in [-0.15, -0.1) is 0 Å². The van der Waals surface area contributed by atoms with Crippen molar-refractivity contribution in [2.75, 3.05) is 32.1 Å². The minimum atomic E-state index is -0.627. The number of carbonyl (C=O) groups is 3. The van der Waals surface area contributed by atoms with Crippen LogP contribution >= 0.6 is 11.6 Å². The molecule has 1 aliphatic heterocycles. The number of anilines is 1. The molecule has 7 nitrogen and oxygen atoms in total. The van der Waals surface area contributed by atoms with Crippen molar-refractivity contribution < 1.29 is 24.0 Å². The number of ether oxygens (including phenoxy) is 1. The van der Waals surface area contributed by atoms with E-state index in [9.17, 15) is 14.4 Å². The number of halogens is 1. The molecule has 0 radical (unpaired) electrons. The van der Waals surface area contributed by atoms with Crippen LogP contribution in [0, 0.1) is 6.92 Å². The van der Waals surface area contributed by atoms with E-state index in [1.165, 1.54) is 7.11 Å². The van der Waals surface area contributed by atoms with Crippen LogP contribution in [0.25, 0.3) is 0 Å². The summed E-state index contributed by atoms with van der Waals surface area (Å²) in [4.78, 5) is 36.6. The van der Waals surface area contributed by atoms with Gasteiger partial charge in [0.15, 0.2) is 12.6 Å². The first-order valence-corrected chi connectivity index (χ1v) is 8.03. The van der Waals surface area contributed by atoms with Crippen molar-refractivity contribution in [3.05, 3.63) is 28.8 Å². The monoisotopic (exact) mass is 354 g/mol. The van der Waals surface area contributed by atoms with Crippen LogP contribution in [0.1, 0.15) is 12.0 Å². The standard InChI is InChI=1S/C16H20ClN3O4/c1-10-3-4-11(17)7-12(10)19-14(21)9-20-6-5-18-16(23)13(20)8-15(22)24-2/h3-4,7,13H,5-6,8-9H2,1-2H3,(H,18,23)(H,19,21)/p+1/t13-/m1/s1. The minimum Gasteiger partial charge on any atom is -0.469 e. The molecule has 2 amide bonds. The number of amides is 2. The number of hydrogen-bond acceptors (Lipinski definition) is 4. The van der Waals surface area contributed by atoms with Gasteiger partial charge in [-0.05, 0) is 24.6 Å². The van der Waals surface area contributed by atoms with Gasteiger partial charge < -0.3 is 20.3 Å². The Hall–Kier alpha value is -2.12. The second-order valence-electron chi connectivity index (χ2n) is 5.72. The lowest BCUT2D eigenvalue weighted by Crippen LogP contribution is -3.20. The van der Waals surface area contributed by atoms with Gasteiger partial charge in [-0.2, -0.15) is 0 Å². The summed E-state index contributed by atoms with van der Waals surface area (Å²) in [6.45, 7) is 2.99. The predicted octanol–water partition coefficient (Wildman–Crippen LogP) is -0.467. The fourth-order valence-electron chi connectivity index (χ4n) is 2.66. The molecule has 1 aromatic carbocycles. The van der Waals surface area contributed by atoms with Gasteiger partial charge in [0.25, 0.3) is 11.8 Å². The summed E-state index contributed by atoms with van der Waals surface area (Å²) in [6.07, 6.45) is -0.0544. The summed E-state index contributed by atoms with van der Waals surface area (Å²) in [5.41, 5.74) is 1.53. The van der Waals surface area contributed by atoms with Crippen LogP contribution in [0.4, 0.5) is 5.69 Å². The molecule has 2 rings (SSSR count). The lowest BCUT2D eigenvalue weighted by Gasteiger charge is -2.30. The second-order valence-corrected chi connectivity index (χ2v) is 6.15. The van der Waals surface area contributed by atoms with Gasteiger partial charge in [-0.25, -0.2) is 0 Å². The van der Waals surface area contributed by atoms with Crippen LogP contribution in [0.5, 0.6) is 0 Å². The maximum Gasteiger partial charge on any atom is 0.312 e. The van der Waals surface area contributed by atoms with Crippen molar-refractivity contribution in [1.29, 1.82) is 0 Å². The summed E-state index contributed by atoms with van der Waals surface area (Å²) in [7, 11) is 1.28. The van der Waals surface area contributed by atoms with Gasteiger partial charge in [0.2, 0.25) is 0 Å². The molecule has 2 atom stereocenters. The number of nitrogens with one attached hydrogen (secondary N) is 3. The zero-order valence-corrected chi connectivity index (χ0v) is 14.4. The van der Waals surface area contributed by atoms with E-state index in [0.29, 0.717) is 23.8 Å². The molecule has 8 heteroatoms. The molecule has 0 aromatic heterocycles. The first-order chi connectivity index (χ1) is 11.4. The van der Waals surface area contributed by atoms with Crippen LogP contribution in [0.2, 0.25) is 5.02 Å². The molecular weight excluding hydrogens is 334 g/mol. The highest BCUT2D eigenvalue weighted by molar-refractivity contribution is 6.31. The highest BCUT2D eigenvalue weighted by atomic mass is 35.5. The molecule has 0 aliphatic carbocycles. The third-order valence-corrected chi connectivity index (χ3v) is 4.25. The maximum absolute atomic E-state index is 12.3. The van der Waals surface area contributed by atoms with E-state index in [1.54, 1.807) is 12.1 Å². The van der Waals surface area contributed by atoms with E-state index in [2.05, 4.69) is 15.4 Å². The Morgan fingerprint density at radius 1 is 1.46 bits per heavy atom. The Bertz CT molecular complexity index is 650. The maximum atomic E-state index is 12.3. The van der Waals surface area contributed by atoms with Crippen molar-refractivity contribution >= 4 is 35.1 Å². The topological polar surface area (TPSA) is 88.9 Å². The molecular formula is C16H21ClN3O4+. The first kappa shape index (κ1) is 18.2. The van der Waals surface area contributed by atoms with Gasteiger partial charge in [-0.3, -0.25) is 14.4 Å². The molecule has 1 unspecified atom stereocenters. The largest absolute Gasteiger partial charge is 0.469 e. The molecule has 0 bridgehead atoms. The number of benzene rings is 1. The van der Waals surface area contributed by atoms with Crippen molar-refractivity contribution in [2.24, 2.45) is 0 Å². The molecule has 1 saturated heterocycles. The predicted molar refractivity (Wildman–Crippen MR) is 88.9 cm³/mol. The molecule has 1 aliphatic rings. The Balaban J connectivity index is 2.03. The Morgan fingerprint density at radius 3 is 2.92 bits per heavy atom. The van der Waals surface area contributed by atoms with E-state index in [0.717, 1.165) is 10.5 Å². The van der Waals surface area contributed by atoms with Gasteiger partial charge >= 0.3 is 5.97 Å². The quantitative estimate of drug-likeness (QED) is 0.624. The average Bonchev–Trinajstić information content (AvgIpc) is 2.54. The van der Waals surface area contributed by atoms with Crippen molar-refractivity contribution in [1.82, 2.24) is 5.32 Å². The smallest absolute Gasteiger partial charge is 0.312 e. The Morgan fingerprint density at radius 2 is 2.21 bits per heavy atom. The Kier molecular flexibility index (Phi) is 6.16. The number of aryl methyl sites for hydroxylation is 1. The lowest BCUT2D eigenvalue weighted by atomic mass is 10.1. The van der Waals surface area contributed by atoms with Crippen LogP contribution in [0.15, 0.2) is 18.2 Å². The summed E-state index contributed by atoms with van der Waals surface area (Å²) < 4.78 is 4.63. The van der Waals surface area contributed by atoms with E-state index in [4.69, 9.17) is 11.6 Å². The van der Waals surface area contributed by atoms with Gasteiger partial charge in [0.1, 0.15) is 6.42 Å². The molecule has 1 fully saturated rings. The zero-order valence-electron chi connectivity index (χ0n) is 13.6. The minimum absolute atomic E-state index is 0.0544. The van der Waals surface area contributed by atoms with E-state index >= 15 is 0 Å². The molecule has 3 N–H and O–H groups in total. The van der Waals surface area contributed by atoms with Crippen LogP contribution in [-0.4, -0.2) is 50.6 Å². The number of esters is 1. The normalized spacial score (nSPS) is 20.2. The summed E-state index contributed by atoms with van der Waals surface area (Å²) >= 11 is 5.95. The highest BCUT2D eigenvalue weighted by Gasteiger charge is 2.36. The molecule has 0 spiro atoms. The average molecular weight is 355 g/mol. The zero-order chi connectivity index (χ0) is 17.7. The lowest BCUT2D eigenvalue weighted by molar-refractivity contribution is -0.909. The van der Waals surface area contributed by atoms with Crippen LogP contribution < -0.4 is 15.5 Å². The Labute approximate surface area is 145 Å². The number of hydrogen-bond donors (Lipinski definition) is 3. The van der Waals surface area contributed by atoms with E-state index in [-0.39, 0.29) is 24.8 Å².